The molecule has 1 heterocycles. The first-order valence-corrected chi connectivity index (χ1v) is 4.91. The molecule has 4 heteroatoms. The van der Waals surface area contributed by atoms with E-state index in [1.54, 1.807) is 0 Å². The number of nitrogens with one attached hydrogen (secondary N) is 1. The minimum absolute atomic E-state index is 0.104. The molecule has 0 aliphatic heterocycles. The van der Waals surface area contributed by atoms with Crippen LogP contribution in [0.3, 0.4) is 0 Å². The SMILES string of the molecule is C[C@H](CO)NCc1ccc(C#N)s1. The molecule has 0 fully saturated rings. The molecule has 1 aromatic rings. The lowest BCUT2D eigenvalue weighted by atomic mass is 10.3. The predicted octanol–water partition coefficient (Wildman–Crippen LogP) is 1.09. The van der Waals surface area contributed by atoms with E-state index < -0.39 is 0 Å². The van der Waals surface area contributed by atoms with Crippen LogP contribution in [0.25, 0.3) is 0 Å². The van der Waals surface area contributed by atoms with E-state index >= 15 is 0 Å². The third-order valence-corrected chi connectivity index (χ3v) is 2.66. The summed E-state index contributed by atoms with van der Waals surface area (Å²) in [5.41, 5.74) is 0. The van der Waals surface area contributed by atoms with Crippen molar-refractivity contribution in [2.45, 2.75) is 19.5 Å². The number of hydrogen-bond donors (Lipinski definition) is 2. The maximum atomic E-state index is 8.75. The van der Waals surface area contributed by atoms with Gasteiger partial charge in [0.1, 0.15) is 10.9 Å². The molecule has 2 N–H and O–H groups in total. The monoisotopic (exact) mass is 196 g/mol. The third kappa shape index (κ3) is 3.15. The summed E-state index contributed by atoms with van der Waals surface area (Å²) in [5, 5.41) is 20.5. The Labute approximate surface area is 81.6 Å². The summed E-state index contributed by atoms with van der Waals surface area (Å²) in [4.78, 5) is 1.85. The lowest BCUT2D eigenvalue weighted by molar-refractivity contribution is 0.251. The average Bonchev–Trinajstić information content (AvgIpc) is 2.61. The highest BCUT2D eigenvalue weighted by molar-refractivity contribution is 7.12. The Bertz CT molecular complexity index is 303. The molecule has 70 valence electrons. The van der Waals surface area contributed by atoms with Crippen LogP contribution in [0.4, 0.5) is 0 Å². The first-order chi connectivity index (χ1) is 6.26. The minimum Gasteiger partial charge on any atom is -0.395 e. The number of aliphatic hydroxyl groups is 1. The number of rotatable bonds is 4. The van der Waals surface area contributed by atoms with E-state index in [0.717, 1.165) is 9.75 Å². The molecule has 1 rings (SSSR count). The van der Waals surface area contributed by atoms with Gasteiger partial charge >= 0.3 is 0 Å². The standard InChI is InChI=1S/C9H12N2OS/c1-7(6-12)11-5-9-3-2-8(4-10)13-9/h2-3,7,11-12H,5-6H2,1H3/t7-/m1/s1. The Kier molecular flexibility index (Phi) is 3.90. The lowest BCUT2D eigenvalue weighted by Gasteiger charge is -2.08. The summed E-state index contributed by atoms with van der Waals surface area (Å²) in [6.45, 7) is 2.77. The number of nitriles is 1. The van der Waals surface area contributed by atoms with Crippen molar-refractivity contribution < 1.29 is 5.11 Å². The molecule has 1 aromatic heterocycles. The van der Waals surface area contributed by atoms with Crippen molar-refractivity contribution >= 4 is 11.3 Å². The van der Waals surface area contributed by atoms with E-state index in [1.807, 2.05) is 19.1 Å². The summed E-state index contributed by atoms with van der Waals surface area (Å²) in [7, 11) is 0. The highest BCUT2D eigenvalue weighted by Gasteiger charge is 2.01. The molecule has 0 aliphatic rings. The molecule has 0 radical (unpaired) electrons. The Hall–Kier alpha value is -0.890. The molecule has 0 spiro atoms. The second-order valence-corrected chi connectivity index (χ2v) is 4.01. The van der Waals surface area contributed by atoms with Gasteiger partial charge in [-0.1, -0.05) is 0 Å². The van der Waals surface area contributed by atoms with Crippen LogP contribution in [0.2, 0.25) is 0 Å². The van der Waals surface area contributed by atoms with Gasteiger partial charge in [-0.05, 0) is 19.1 Å². The second-order valence-electron chi connectivity index (χ2n) is 2.84. The first kappa shape index (κ1) is 10.2. The van der Waals surface area contributed by atoms with Crippen molar-refractivity contribution in [2.75, 3.05) is 6.61 Å². The van der Waals surface area contributed by atoms with E-state index in [1.165, 1.54) is 11.3 Å². The Morgan fingerprint density at radius 2 is 2.46 bits per heavy atom. The summed E-state index contributed by atoms with van der Waals surface area (Å²) >= 11 is 1.48. The van der Waals surface area contributed by atoms with E-state index in [4.69, 9.17) is 10.4 Å². The maximum Gasteiger partial charge on any atom is 0.110 e. The van der Waals surface area contributed by atoms with Gasteiger partial charge in [0.15, 0.2) is 0 Å². The number of hydrogen-bond acceptors (Lipinski definition) is 4. The van der Waals surface area contributed by atoms with Crippen LogP contribution in [-0.2, 0) is 6.54 Å². The summed E-state index contributed by atoms with van der Waals surface area (Å²) in [5.74, 6) is 0. The van der Waals surface area contributed by atoms with Crippen LogP contribution >= 0.6 is 11.3 Å². The predicted molar refractivity (Wildman–Crippen MR) is 52.4 cm³/mol. The minimum atomic E-state index is 0.104. The fourth-order valence-electron chi connectivity index (χ4n) is 0.872. The van der Waals surface area contributed by atoms with Gasteiger partial charge < -0.3 is 10.4 Å². The van der Waals surface area contributed by atoms with Crippen LogP contribution in [-0.4, -0.2) is 17.8 Å². The fraction of sp³-hybridized carbons (Fsp3) is 0.444. The van der Waals surface area contributed by atoms with Gasteiger partial charge in [0.2, 0.25) is 0 Å². The molecular formula is C9H12N2OS. The van der Waals surface area contributed by atoms with E-state index in [0.29, 0.717) is 6.54 Å². The molecule has 0 unspecified atom stereocenters. The van der Waals surface area contributed by atoms with E-state index in [2.05, 4.69) is 11.4 Å². The summed E-state index contributed by atoms with van der Waals surface area (Å²) < 4.78 is 0. The van der Waals surface area contributed by atoms with Crippen molar-refractivity contribution in [3.8, 4) is 6.07 Å². The molecule has 0 saturated carbocycles. The second kappa shape index (κ2) is 4.97. The highest BCUT2D eigenvalue weighted by atomic mass is 32.1. The van der Waals surface area contributed by atoms with E-state index in [-0.39, 0.29) is 12.6 Å². The van der Waals surface area contributed by atoms with Crippen molar-refractivity contribution in [1.82, 2.24) is 5.32 Å². The third-order valence-electron chi connectivity index (χ3n) is 1.67. The van der Waals surface area contributed by atoms with Crippen LogP contribution in [0.1, 0.15) is 16.7 Å². The van der Waals surface area contributed by atoms with Gasteiger partial charge in [0.05, 0.1) is 6.61 Å². The molecule has 0 bridgehead atoms. The van der Waals surface area contributed by atoms with Crippen LogP contribution < -0.4 is 5.32 Å². The summed E-state index contributed by atoms with van der Waals surface area (Å²) in [6, 6.07) is 5.94. The zero-order chi connectivity index (χ0) is 9.68. The van der Waals surface area contributed by atoms with Crippen molar-refractivity contribution in [2.24, 2.45) is 0 Å². The Balaban J connectivity index is 2.42. The normalized spacial score (nSPS) is 12.4. The highest BCUT2D eigenvalue weighted by Crippen LogP contribution is 2.14. The number of nitrogens with zero attached hydrogens (tertiary/aromatic N) is 1. The van der Waals surface area contributed by atoms with Crippen molar-refractivity contribution in [1.29, 1.82) is 5.26 Å². The molecule has 3 nitrogen and oxygen atoms in total. The molecule has 0 saturated heterocycles. The van der Waals surface area contributed by atoms with Crippen LogP contribution in [0.5, 0.6) is 0 Å². The van der Waals surface area contributed by atoms with Crippen LogP contribution in [0, 0.1) is 11.3 Å². The van der Waals surface area contributed by atoms with E-state index in [9.17, 15) is 0 Å². The van der Waals surface area contributed by atoms with Crippen LogP contribution in [0.15, 0.2) is 12.1 Å². The summed E-state index contributed by atoms with van der Waals surface area (Å²) in [6.07, 6.45) is 0. The van der Waals surface area contributed by atoms with Gasteiger partial charge in [0, 0.05) is 17.5 Å². The average molecular weight is 196 g/mol. The number of aliphatic hydroxyl groups excluding tert-OH is 1. The smallest absolute Gasteiger partial charge is 0.110 e. The molecular weight excluding hydrogens is 184 g/mol. The number of thiophene rings is 1. The van der Waals surface area contributed by atoms with Crippen molar-refractivity contribution in [3.05, 3.63) is 21.9 Å². The molecule has 0 aliphatic carbocycles. The quantitative estimate of drug-likeness (QED) is 0.758. The van der Waals surface area contributed by atoms with Gasteiger partial charge in [0.25, 0.3) is 0 Å². The Morgan fingerprint density at radius 3 is 3.00 bits per heavy atom. The van der Waals surface area contributed by atoms with Crippen molar-refractivity contribution in [3.63, 3.8) is 0 Å². The zero-order valence-corrected chi connectivity index (χ0v) is 8.27. The van der Waals surface area contributed by atoms with Gasteiger partial charge in [-0.3, -0.25) is 0 Å². The molecule has 0 amide bonds. The van der Waals surface area contributed by atoms with Gasteiger partial charge in [-0.15, -0.1) is 11.3 Å². The van der Waals surface area contributed by atoms with Gasteiger partial charge in [-0.2, -0.15) is 5.26 Å². The fourth-order valence-corrected chi connectivity index (χ4v) is 1.63. The first-order valence-electron chi connectivity index (χ1n) is 4.09. The molecule has 1 atom stereocenters. The largest absolute Gasteiger partial charge is 0.395 e. The van der Waals surface area contributed by atoms with Gasteiger partial charge in [-0.25, -0.2) is 0 Å². The topological polar surface area (TPSA) is 56.0 Å². The lowest BCUT2D eigenvalue weighted by Crippen LogP contribution is -2.28. The maximum absolute atomic E-state index is 8.75. The Morgan fingerprint density at radius 1 is 1.69 bits per heavy atom. The zero-order valence-electron chi connectivity index (χ0n) is 7.45. The molecule has 13 heavy (non-hydrogen) atoms. The molecule has 0 aromatic carbocycles.